The van der Waals surface area contributed by atoms with Crippen LogP contribution in [0.3, 0.4) is 0 Å². The van der Waals surface area contributed by atoms with Crippen molar-refractivity contribution >= 4 is 27.3 Å². The average Bonchev–Trinajstić information content (AvgIpc) is 3.18. The third-order valence-electron chi connectivity index (χ3n) is 6.44. The summed E-state index contributed by atoms with van der Waals surface area (Å²) in [7, 11) is -3.20. The fraction of sp³-hybridized carbons (Fsp3) is 0.480. The van der Waals surface area contributed by atoms with Crippen molar-refractivity contribution in [1.82, 2.24) is 10.2 Å². The molecular formula is C25H34N4O3S. The molecule has 2 aromatic carbocycles. The van der Waals surface area contributed by atoms with Gasteiger partial charge in [-0.1, -0.05) is 12.1 Å². The lowest BCUT2D eigenvalue weighted by Crippen LogP contribution is -2.46. The first-order chi connectivity index (χ1) is 15.9. The Morgan fingerprint density at radius 1 is 0.939 bits per heavy atom. The van der Waals surface area contributed by atoms with E-state index in [-0.39, 0.29) is 11.7 Å². The molecule has 0 unspecified atom stereocenters. The summed E-state index contributed by atoms with van der Waals surface area (Å²) < 4.78 is 25.5. The summed E-state index contributed by atoms with van der Waals surface area (Å²) in [5.41, 5.74) is 3.80. The molecule has 0 atom stereocenters. The second-order valence-electron chi connectivity index (χ2n) is 8.92. The summed E-state index contributed by atoms with van der Waals surface area (Å²) in [5, 5.41) is 2.98. The van der Waals surface area contributed by atoms with E-state index in [0.29, 0.717) is 30.8 Å². The van der Waals surface area contributed by atoms with Crippen LogP contribution in [0.5, 0.6) is 0 Å². The van der Waals surface area contributed by atoms with Gasteiger partial charge in [0.05, 0.1) is 11.4 Å². The molecule has 1 N–H and O–H groups in total. The van der Waals surface area contributed by atoms with Gasteiger partial charge in [0.25, 0.3) is 5.91 Å². The van der Waals surface area contributed by atoms with E-state index < -0.39 is 10.0 Å². The molecule has 2 fully saturated rings. The smallest absolute Gasteiger partial charge is 0.251 e. The molecule has 4 rings (SSSR count). The summed E-state index contributed by atoms with van der Waals surface area (Å²) in [6, 6.07) is 15.5. The van der Waals surface area contributed by atoms with Crippen molar-refractivity contribution in [2.24, 2.45) is 0 Å². The molecule has 1 amide bonds. The maximum atomic E-state index is 12.4. The minimum atomic E-state index is -3.20. The molecule has 0 aliphatic carbocycles. The topological polar surface area (TPSA) is 73.0 Å². The first-order valence-corrected chi connectivity index (χ1v) is 13.5. The summed E-state index contributed by atoms with van der Waals surface area (Å²) in [6.45, 7) is 8.58. The summed E-state index contributed by atoms with van der Waals surface area (Å²) in [6.07, 6.45) is 2.64. The molecule has 0 spiro atoms. The van der Waals surface area contributed by atoms with Crippen LogP contribution in [0.1, 0.15) is 35.2 Å². The molecule has 2 aliphatic rings. The number of carbonyl (C=O) groups excluding carboxylic acids is 1. The normalized spacial score (nSPS) is 18.5. The van der Waals surface area contributed by atoms with Gasteiger partial charge in [-0.15, -0.1) is 0 Å². The molecule has 2 saturated heterocycles. The molecule has 7 nitrogen and oxygen atoms in total. The average molecular weight is 471 g/mol. The monoisotopic (exact) mass is 470 g/mol. The van der Waals surface area contributed by atoms with Crippen LogP contribution in [0.2, 0.25) is 0 Å². The summed E-state index contributed by atoms with van der Waals surface area (Å²) in [4.78, 5) is 17.4. The Bertz CT molecular complexity index is 1050. The van der Waals surface area contributed by atoms with Crippen molar-refractivity contribution in [2.75, 3.05) is 60.8 Å². The van der Waals surface area contributed by atoms with E-state index in [1.807, 2.05) is 0 Å². The second kappa shape index (κ2) is 10.6. The highest BCUT2D eigenvalue weighted by molar-refractivity contribution is 7.93. The first kappa shape index (κ1) is 23.6. The van der Waals surface area contributed by atoms with Crippen molar-refractivity contribution in [2.45, 2.75) is 26.2 Å². The minimum absolute atomic E-state index is 0.113. The molecule has 178 valence electrons. The van der Waals surface area contributed by atoms with Crippen molar-refractivity contribution in [3.63, 3.8) is 0 Å². The van der Waals surface area contributed by atoms with Crippen LogP contribution in [-0.2, 0) is 10.0 Å². The number of rotatable bonds is 8. The van der Waals surface area contributed by atoms with E-state index in [0.717, 1.165) is 45.6 Å². The molecule has 0 saturated carbocycles. The largest absolute Gasteiger partial charge is 0.369 e. The van der Waals surface area contributed by atoms with Gasteiger partial charge in [0, 0.05) is 50.5 Å². The number of benzene rings is 2. The SMILES string of the molecule is Cc1cccc(N2CCN(CCCCNC(=O)c3ccc(N4CCCS4(=O)=O)cc3)CC2)c1. The Labute approximate surface area is 197 Å². The number of hydrogen-bond donors (Lipinski definition) is 1. The number of unbranched alkanes of at least 4 members (excludes halogenated alkanes) is 1. The highest BCUT2D eigenvalue weighted by Crippen LogP contribution is 2.24. The number of carbonyl (C=O) groups is 1. The van der Waals surface area contributed by atoms with Gasteiger partial charge in [-0.05, 0) is 74.7 Å². The highest BCUT2D eigenvalue weighted by Gasteiger charge is 2.28. The van der Waals surface area contributed by atoms with Crippen LogP contribution in [0, 0.1) is 6.92 Å². The number of aryl methyl sites for hydroxylation is 1. The first-order valence-electron chi connectivity index (χ1n) is 11.8. The van der Waals surface area contributed by atoms with Crippen LogP contribution in [0.4, 0.5) is 11.4 Å². The molecule has 0 radical (unpaired) electrons. The Morgan fingerprint density at radius 3 is 2.36 bits per heavy atom. The highest BCUT2D eigenvalue weighted by atomic mass is 32.2. The Balaban J connectivity index is 1.13. The quantitative estimate of drug-likeness (QED) is 0.601. The van der Waals surface area contributed by atoms with E-state index >= 15 is 0 Å². The van der Waals surface area contributed by atoms with E-state index in [9.17, 15) is 13.2 Å². The number of nitrogens with one attached hydrogen (secondary N) is 1. The number of piperazine rings is 1. The van der Waals surface area contributed by atoms with E-state index in [1.165, 1.54) is 15.6 Å². The predicted molar refractivity (Wildman–Crippen MR) is 134 cm³/mol. The third kappa shape index (κ3) is 6.06. The number of hydrogen-bond acceptors (Lipinski definition) is 5. The minimum Gasteiger partial charge on any atom is -0.369 e. The Hall–Kier alpha value is -2.58. The van der Waals surface area contributed by atoms with E-state index in [2.05, 4.69) is 46.3 Å². The predicted octanol–water partition coefficient (Wildman–Crippen LogP) is 2.87. The van der Waals surface area contributed by atoms with Crippen LogP contribution in [0.15, 0.2) is 48.5 Å². The third-order valence-corrected chi connectivity index (χ3v) is 8.31. The van der Waals surface area contributed by atoms with Gasteiger partial charge in [0.1, 0.15) is 0 Å². The molecule has 0 aromatic heterocycles. The van der Waals surface area contributed by atoms with Crippen molar-refractivity contribution in [3.05, 3.63) is 59.7 Å². The van der Waals surface area contributed by atoms with Gasteiger partial charge in [-0.3, -0.25) is 14.0 Å². The molecule has 2 aromatic rings. The number of sulfonamides is 1. The lowest BCUT2D eigenvalue weighted by molar-refractivity contribution is 0.0952. The fourth-order valence-corrected chi connectivity index (χ4v) is 6.09. The molecule has 2 heterocycles. The Morgan fingerprint density at radius 2 is 1.70 bits per heavy atom. The van der Waals surface area contributed by atoms with Crippen molar-refractivity contribution in [3.8, 4) is 0 Å². The van der Waals surface area contributed by atoms with Gasteiger partial charge in [0.2, 0.25) is 10.0 Å². The molecular weight excluding hydrogens is 436 g/mol. The summed E-state index contributed by atoms with van der Waals surface area (Å²) >= 11 is 0. The van der Waals surface area contributed by atoms with E-state index in [1.54, 1.807) is 24.3 Å². The fourth-order valence-electron chi connectivity index (χ4n) is 4.53. The van der Waals surface area contributed by atoms with Gasteiger partial charge in [-0.2, -0.15) is 0 Å². The molecule has 33 heavy (non-hydrogen) atoms. The molecule has 8 heteroatoms. The zero-order valence-electron chi connectivity index (χ0n) is 19.4. The molecule has 2 aliphatic heterocycles. The maximum Gasteiger partial charge on any atom is 0.251 e. The zero-order valence-corrected chi connectivity index (χ0v) is 20.2. The van der Waals surface area contributed by atoms with Crippen molar-refractivity contribution < 1.29 is 13.2 Å². The second-order valence-corrected chi connectivity index (χ2v) is 10.9. The number of nitrogens with zero attached hydrogens (tertiary/aromatic N) is 3. The van der Waals surface area contributed by atoms with Gasteiger partial charge in [-0.25, -0.2) is 8.42 Å². The molecule has 0 bridgehead atoms. The number of anilines is 2. The zero-order chi connectivity index (χ0) is 23.3. The number of amides is 1. The van der Waals surface area contributed by atoms with Gasteiger partial charge >= 0.3 is 0 Å². The van der Waals surface area contributed by atoms with E-state index in [4.69, 9.17) is 0 Å². The lowest BCUT2D eigenvalue weighted by atomic mass is 10.1. The Kier molecular flexibility index (Phi) is 7.55. The van der Waals surface area contributed by atoms with Crippen LogP contribution in [0.25, 0.3) is 0 Å². The van der Waals surface area contributed by atoms with Crippen molar-refractivity contribution in [1.29, 1.82) is 0 Å². The van der Waals surface area contributed by atoms with Gasteiger partial charge < -0.3 is 10.2 Å². The standard InChI is InChI=1S/C25H34N4O3S/c1-21-6-4-7-24(20-21)28-17-15-27(16-18-28)13-3-2-12-26-25(30)22-8-10-23(11-9-22)29-14-5-19-33(29,31)32/h4,6-11,20H,2-3,5,12-19H2,1H3,(H,26,30). The lowest BCUT2D eigenvalue weighted by Gasteiger charge is -2.36. The van der Waals surface area contributed by atoms with Crippen LogP contribution in [-0.4, -0.2) is 70.8 Å². The van der Waals surface area contributed by atoms with Crippen LogP contribution < -0.4 is 14.5 Å². The van der Waals surface area contributed by atoms with Crippen LogP contribution >= 0.6 is 0 Å². The maximum absolute atomic E-state index is 12.4. The van der Waals surface area contributed by atoms with Gasteiger partial charge in [0.15, 0.2) is 0 Å². The summed E-state index contributed by atoms with van der Waals surface area (Å²) in [5.74, 6) is 0.0788.